The van der Waals surface area contributed by atoms with Crippen LogP contribution in [0.3, 0.4) is 0 Å². The van der Waals surface area contributed by atoms with E-state index in [4.69, 9.17) is 5.11 Å². The smallest absolute Gasteiger partial charge is 0.335 e. The Balaban J connectivity index is 2.10. The first-order valence-corrected chi connectivity index (χ1v) is 5.79. The number of aromatic nitrogens is 3. The maximum Gasteiger partial charge on any atom is 0.335 e. The van der Waals surface area contributed by atoms with Gasteiger partial charge in [0.25, 0.3) is 0 Å². The van der Waals surface area contributed by atoms with Crippen LogP contribution in [0.1, 0.15) is 27.4 Å². The summed E-state index contributed by atoms with van der Waals surface area (Å²) >= 11 is 0. The summed E-state index contributed by atoms with van der Waals surface area (Å²) in [6.07, 6.45) is 1.48. The number of nitrogens with one attached hydrogen (secondary N) is 1. The molecule has 0 saturated carbocycles. The molecule has 2 aromatic rings. The molecule has 6 nitrogen and oxygen atoms in total. The summed E-state index contributed by atoms with van der Waals surface area (Å²) in [7, 11) is 0. The Hall–Kier alpha value is -2.50. The molecule has 0 spiro atoms. The van der Waals surface area contributed by atoms with Crippen LogP contribution in [0.25, 0.3) is 0 Å². The molecule has 0 radical (unpaired) electrons. The van der Waals surface area contributed by atoms with Crippen molar-refractivity contribution in [2.75, 3.05) is 5.32 Å². The minimum atomic E-state index is -0.966. The van der Waals surface area contributed by atoms with Gasteiger partial charge in [-0.15, -0.1) is 0 Å². The highest BCUT2D eigenvalue weighted by atomic mass is 16.4. The number of carbonyl (C=O) groups is 1. The van der Waals surface area contributed by atoms with E-state index in [-0.39, 0.29) is 5.56 Å². The van der Waals surface area contributed by atoms with E-state index in [1.54, 1.807) is 0 Å². The molecule has 0 unspecified atom stereocenters. The molecule has 2 N–H and O–H groups in total. The van der Waals surface area contributed by atoms with Gasteiger partial charge in [0.05, 0.1) is 17.8 Å². The number of anilines is 1. The number of carboxylic acid groups (broad SMARTS) is 1. The molecule has 2 heterocycles. The Bertz CT molecular complexity index is 593. The van der Waals surface area contributed by atoms with Gasteiger partial charge in [0.15, 0.2) is 0 Å². The Morgan fingerprint density at radius 2 is 1.95 bits per heavy atom. The van der Waals surface area contributed by atoms with E-state index in [2.05, 4.69) is 20.3 Å². The predicted octanol–water partition coefficient (Wildman–Crippen LogP) is 1.80. The number of hydrogen-bond donors (Lipinski definition) is 2. The van der Waals surface area contributed by atoms with Gasteiger partial charge in [0.2, 0.25) is 5.95 Å². The molecular formula is C13H14N4O2. The summed E-state index contributed by atoms with van der Waals surface area (Å²) in [5.41, 5.74) is 2.60. The first kappa shape index (κ1) is 12.9. The normalized spacial score (nSPS) is 10.2. The van der Waals surface area contributed by atoms with Crippen molar-refractivity contribution >= 4 is 11.9 Å². The van der Waals surface area contributed by atoms with Gasteiger partial charge in [-0.1, -0.05) is 0 Å². The highest BCUT2D eigenvalue weighted by molar-refractivity contribution is 5.87. The van der Waals surface area contributed by atoms with E-state index in [0.29, 0.717) is 18.2 Å². The SMILES string of the molecule is Cc1cc(C)nc(NCc2cc(C(=O)O)ccn2)n1. The number of rotatable bonds is 4. The molecule has 6 heteroatoms. The third-order valence-corrected chi connectivity index (χ3v) is 2.47. The monoisotopic (exact) mass is 258 g/mol. The summed E-state index contributed by atoms with van der Waals surface area (Å²) in [6.45, 7) is 4.16. The van der Waals surface area contributed by atoms with E-state index >= 15 is 0 Å². The van der Waals surface area contributed by atoms with E-state index in [1.807, 2.05) is 19.9 Å². The fraction of sp³-hybridized carbons (Fsp3) is 0.231. The fourth-order valence-electron chi connectivity index (χ4n) is 1.68. The summed E-state index contributed by atoms with van der Waals surface area (Å²) < 4.78 is 0. The Labute approximate surface area is 110 Å². The Kier molecular flexibility index (Phi) is 3.70. The van der Waals surface area contributed by atoms with Crippen molar-refractivity contribution in [1.82, 2.24) is 15.0 Å². The average molecular weight is 258 g/mol. The lowest BCUT2D eigenvalue weighted by Gasteiger charge is -2.06. The minimum absolute atomic E-state index is 0.216. The van der Waals surface area contributed by atoms with Crippen LogP contribution in [0.5, 0.6) is 0 Å². The van der Waals surface area contributed by atoms with Gasteiger partial charge in [-0.05, 0) is 32.0 Å². The second-order valence-electron chi connectivity index (χ2n) is 4.17. The molecule has 0 aliphatic rings. The molecule has 98 valence electrons. The summed E-state index contributed by atoms with van der Waals surface area (Å²) in [5.74, 6) is -0.452. The molecule has 19 heavy (non-hydrogen) atoms. The molecule has 0 atom stereocenters. The number of pyridine rings is 1. The number of aryl methyl sites for hydroxylation is 2. The van der Waals surface area contributed by atoms with Crippen LogP contribution < -0.4 is 5.32 Å². The molecule has 0 bridgehead atoms. The van der Waals surface area contributed by atoms with Crippen molar-refractivity contribution < 1.29 is 9.90 Å². The zero-order valence-electron chi connectivity index (χ0n) is 10.7. The number of carboxylic acids is 1. The van der Waals surface area contributed by atoms with Gasteiger partial charge < -0.3 is 10.4 Å². The minimum Gasteiger partial charge on any atom is -0.478 e. The third-order valence-electron chi connectivity index (χ3n) is 2.47. The third kappa shape index (κ3) is 3.48. The van der Waals surface area contributed by atoms with Crippen molar-refractivity contribution in [3.63, 3.8) is 0 Å². The lowest BCUT2D eigenvalue weighted by Crippen LogP contribution is -2.07. The number of hydrogen-bond acceptors (Lipinski definition) is 5. The first-order valence-electron chi connectivity index (χ1n) is 5.79. The quantitative estimate of drug-likeness (QED) is 0.869. The van der Waals surface area contributed by atoms with Crippen molar-refractivity contribution in [2.45, 2.75) is 20.4 Å². The fourth-order valence-corrected chi connectivity index (χ4v) is 1.68. The van der Waals surface area contributed by atoms with Crippen LogP contribution in [0.2, 0.25) is 0 Å². The van der Waals surface area contributed by atoms with Crippen LogP contribution in [0, 0.1) is 13.8 Å². The van der Waals surface area contributed by atoms with Crippen molar-refractivity contribution in [3.05, 3.63) is 47.0 Å². The second-order valence-corrected chi connectivity index (χ2v) is 4.17. The topological polar surface area (TPSA) is 88.0 Å². The van der Waals surface area contributed by atoms with Gasteiger partial charge in [-0.2, -0.15) is 0 Å². The molecular weight excluding hydrogens is 244 g/mol. The number of nitrogens with zero attached hydrogens (tertiary/aromatic N) is 3. The van der Waals surface area contributed by atoms with E-state index in [0.717, 1.165) is 11.4 Å². The average Bonchev–Trinajstić information content (AvgIpc) is 2.35. The van der Waals surface area contributed by atoms with Gasteiger partial charge in [0.1, 0.15) is 0 Å². The summed E-state index contributed by atoms with van der Waals surface area (Å²) in [4.78, 5) is 23.4. The maximum absolute atomic E-state index is 10.8. The number of aromatic carboxylic acids is 1. The van der Waals surface area contributed by atoms with E-state index in [9.17, 15) is 4.79 Å². The van der Waals surface area contributed by atoms with Gasteiger partial charge in [-0.25, -0.2) is 14.8 Å². The van der Waals surface area contributed by atoms with Crippen LogP contribution in [0.4, 0.5) is 5.95 Å². The largest absolute Gasteiger partial charge is 0.478 e. The van der Waals surface area contributed by atoms with Crippen molar-refractivity contribution in [1.29, 1.82) is 0 Å². The first-order chi connectivity index (χ1) is 9.04. The van der Waals surface area contributed by atoms with Gasteiger partial charge in [-0.3, -0.25) is 4.98 Å². The Morgan fingerprint density at radius 3 is 2.58 bits per heavy atom. The highest BCUT2D eigenvalue weighted by Gasteiger charge is 2.05. The molecule has 2 rings (SSSR count). The molecule has 0 aliphatic heterocycles. The maximum atomic E-state index is 10.8. The van der Waals surface area contributed by atoms with E-state index < -0.39 is 5.97 Å². The summed E-state index contributed by atoms with van der Waals surface area (Å²) in [6, 6.07) is 4.87. The molecule has 0 saturated heterocycles. The summed E-state index contributed by atoms with van der Waals surface area (Å²) in [5, 5.41) is 11.9. The highest BCUT2D eigenvalue weighted by Crippen LogP contribution is 2.07. The molecule has 0 amide bonds. The van der Waals surface area contributed by atoms with Crippen LogP contribution >= 0.6 is 0 Å². The van der Waals surface area contributed by atoms with Gasteiger partial charge in [0, 0.05) is 17.6 Å². The molecule has 0 aromatic carbocycles. The van der Waals surface area contributed by atoms with Crippen LogP contribution in [-0.4, -0.2) is 26.0 Å². The lowest BCUT2D eigenvalue weighted by molar-refractivity contribution is 0.0696. The second kappa shape index (κ2) is 5.43. The predicted molar refractivity (Wildman–Crippen MR) is 70.0 cm³/mol. The Morgan fingerprint density at radius 1 is 1.26 bits per heavy atom. The van der Waals surface area contributed by atoms with Gasteiger partial charge >= 0.3 is 5.97 Å². The van der Waals surface area contributed by atoms with Crippen LogP contribution in [0.15, 0.2) is 24.4 Å². The van der Waals surface area contributed by atoms with E-state index in [1.165, 1.54) is 18.3 Å². The van der Waals surface area contributed by atoms with Crippen LogP contribution in [-0.2, 0) is 6.54 Å². The zero-order valence-corrected chi connectivity index (χ0v) is 10.7. The zero-order chi connectivity index (χ0) is 13.8. The standard InChI is InChI=1S/C13H14N4O2/c1-8-5-9(2)17-13(16-8)15-7-11-6-10(12(18)19)3-4-14-11/h3-6H,7H2,1-2H3,(H,18,19)(H,15,16,17). The molecule has 2 aromatic heterocycles. The molecule has 0 aliphatic carbocycles. The van der Waals surface area contributed by atoms with Crippen molar-refractivity contribution in [2.24, 2.45) is 0 Å². The van der Waals surface area contributed by atoms with Crippen molar-refractivity contribution in [3.8, 4) is 0 Å². The molecule has 0 fully saturated rings. The lowest BCUT2D eigenvalue weighted by atomic mass is 10.2.